The van der Waals surface area contributed by atoms with Gasteiger partial charge in [0.25, 0.3) is 0 Å². The number of carbonyl (C=O) groups is 2. The van der Waals surface area contributed by atoms with E-state index in [0.29, 0.717) is 18.7 Å². The van der Waals surface area contributed by atoms with Gasteiger partial charge in [0, 0.05) is 18.2 Å². The maximum Gasteiger partial charge on any atom is 0.326 e. The molecule has 182 valence electrons. The summed E-state index contributed by atoms with van der Waals surface area (Å²) < 4.78 is 4.85. The van der Waals surface area contributed by atoms with Crippen LogP contribution in [0.3, 0.4) is 0 Å². The number of aliphatic carboxylic acids is 1. The molecule has 0 radical (unpaired) electrons. The zero-order valence-electron chi connectivity index (χ0n) is 20.1. The second-order valence-corrected chi connectivity index (χ2v) is 10.1. The molecule has 3 aromatic rings. The monoisotopic (exact) mass is 489 g/mol. The van der Waals surface area contributed by atoms with Gasteiger partial charge in [0.2, 0.25) is 5.91 Å². The van der Waals surface area contributed by atoms with E-state index in [-0.39, 0.29) is 11.8 Å². The number of hydrogen-bond donors (Lipinski definition) is 1. The van der Waals surface area contributed by atoms with Crippen LogP contribution in [0.15, 0.2) is 84.9 Å². The van der Waals surface area contributed by atoms with E-state index in [9.17, 15) is 14.7 Å². The first-order chi connectivity index (χ1) is 17.0. The molecule has 1 N–H and O–H groups in total. The molecule has 0 spiro atoms. The molecule has 4 rings (SSSR count). The molecular formula is C29H31NO4S. The van der Waals surface area contributed by atoms with E-state index >= 15 is 0 Å². The minimum absolute atomic E-state index is 0.0906. The third-order valence-electron chi connectivity index (χ3n) is 6.65. The molecule has 0 saturated carbocycles. The van der Waals surface area contributed by atoms with Crippen molar-refractivity contribution in [2.45, 2.75) is 30.6 Å². The Morgan fingerprint density at radius 3 is 2.03 bits per heavy atom. The smallest absolute Gasteiger partial charge is 0.326 e. The van der Waals surface area contributed by atoms with Crippen molar-refractivity contribution in [2.24, 2.45) is 5.92 Å². The van der Waals surface area contributed by atoms with Crippen LogP contribution in [-0.2, 0) is 14.3 Å². The number of amides is 1. The second kappa shape index (κ2) is 11.0. The van der Waals surface area contributed by atoms with Gasteiger partial charge in [-0.25, -0.2) is 4.79 Å². The lowest BCUT2D eigenvalue weighted by molar-refractivity contribution is -0.149. The van der Waals surface area contributed by atoms with Gasteiger partial charge in [0.05, 0.1) is 11.9 Å². The lowest BCUT2D eigenvalue weighted by Gasteiger charge is -2.36. The lowest BCUT2D eigenvalue weighted by Crippen LogP contribution is -2.43. The normalized spacial score (nSPS) is 16.6. The van der Waals surface area contributed by atoms with Crippen molar-refractivity contribution in [3.63, 3.8) is 0 Å². The van der Waals surface area contributed by atoms with E-state index < -0.39 is 16.8 Å². The molecule has 6 heteroatoms. The molecule has 0 aliphatic carbocycles. The Kier molecular flexibility index (Phi) is 7.81. The molecule has 5 nitrogen and oxygen atoms in total. The molecule has 1 aliphatic heterocycles. The molecular weight excluding hydrogens is 458 g/mol. The van der Waals surface area contributed by atoms with Crippen LogP contribution in [0.25, 0.3) is 0 Å². The van der Waals surface area contributed by atoms with Gasteiger partial charge in [-0.2, -0.15) is 0 Å². The predicted octanol–water partition coefficient (Wildman–Crippen LogP) is 5.43. The van der Waals surface area contributed by atoms with E-state index in [0.717, 1.165) is 28.9 Å². The molecule has 1 fully saturated rings. The Morgan fingerprint density at radius 2 is 1.51 bits per heavy atom. The van der Waals surface area contributed by atoms with Crippen molar-refractivity contribution in [3.05, 3.63) is 102 Å². The number of nitrogens with zero attached hydrogens (tertiary/aromatic N) is 1. The van der Waals surface area contributed by atoms with Crippen LogP contribution >= 0.6 is 11.8 Å². The summed E-state index contributed by atoms with van der Waals surface area (Å²) in [5.74, 6) is -0.0163. The first-order valence-corrected chi connectivity index (χ1v) is 12.9. The Labute approximate surface area is 211 Å². The fourth-order valence-corrected chi connectivity index (χ4v) is 6.36. The highest BCUT2D eigenvalue weighted by Gasteiger charge is 2.40. The summed E-state index contributed by atoms with van der Waals surface area (Å²) >= 11 is 1.71. The molecule has 0 bridgehead atoms. The molecule has 35 heavy (non-hydrogen) atoms. The lowest BCUT2D eigenvalue weighted by atomic mass is 9.84. The van der Waals surface area contributed by atoms with Crippen molar-refractivity contribution in [1.82, 2.24) is 4.90 Å². The number of ether oxygens (including phenoxy) is 1. The zero-order chi connectivity index (χ0) is 24.8. The Morgan fingerprint density at radius 1 is 0.971 bits per heavy atom. The Bertz CT molecular complexity index is 1090. The van der Waals surface area contributed by atoms with Crippen molar-refractivity contribution < 1.29 is 19.4 Å². The summed E-state index contributed by atoms with van der Waals surface area (Å²) in [4.78, 5) is 26.5. The molecule has 3 aromatic carbocycles. The van der Waals surface area contributed by atoms with E-state index in [2.05, 4.69) is 36.4 Å². The minimum Gasteiger partial charge on any atom is -0.497 e. The largest absolute Gasteiger partial charge is 0.497 e. The average Bonchev–Trinajstić information content (AvgIpc) is 3.40. The summed E-state index contributed by atoms with van der Waals surface area (Å²) in [6.45, 7) is 2.41. The van der Waals surface area contributed by atoms with E-state index in [1.807, 2.05) is 55.5 Å². The first-order valence-electron chi connectivity index (χ1n) is 11.9. The number of carbonyl (C=O) groups excluding carboxylic acids is 1. The van der Waals surface area contributed by atoms with Gasteiger partial charge in [-0.1, -0.05) is 79.7 Å². The van der Waals surface area contributed by atoms with Crippen LogP contribution in [0, 0.1) is 5.92 Å². The Hall–Kier alpha value is -3.25. The number of likely N-dealkylation sites (tertiary alicyclic amines) is 1. The number of methoxy groups -OCH3 is 1. The number of hydrogen-bond acceptors (Lipinski definition) is 4. The van der Waals surface area contributed by atoms with Crippen LogP contribution in [0.2, 0.25) is 0 Å². The van der Waals surface area contributed by atoms with Gasteiger partial charge in [-0.05, 0) is 41.7 Å². The van der Waals surface area contributed by atoms with Crippen LogP contribution in [0.4, 0.5) is 0 Å². The van der Waals surface area contributed by atoms with Gasteiger partial charge in [0.15, 0.2) is 0 Å². The highest BCUT2D eigenvalue weighted by molar-refractivity contribution is 8.00. The SMILES string of the molecule is COc1ccc(C(SCC(C)C(=O)N2CCC[C@H]2C(=O)O)(c2ccccc2)c2ccccc2)cc1. The number of carboxylic acid groups (broad SMARTS) is 1. The summed E-state index contributed by atoms with van der Waals surface area (Å²) in [5.41, 5.74) is 3.32. The van der Waals surface area contributed by atoms with Gasteiger partial charge in [-0.3, -0.25) is 4.79 Å². The molecule has 1 aliphatic rings. The van der Waals surface area contributed by atoms with Crippen molar-refractivity contribution in [1.29, 1.82) is 0 Å². The third kappa shape index (κ3) is 5.08. The summed E-state index contributed by atoms with van der Waals surface area (Å²) in [5, 5.41) is 9.55. The molecule has 1 saturated heterocycles. The standard InChI is InChI=1S/C29H31NO4S/c1-21(27(31)30-19-9-14-26(30)28(32)33)20-35-29(22-10-5-3-6-11-22,23-12-7-4-8-13-23)24-15-17-25(34-2)18-16-24/h3-8,10-13,15-18,21,26H,9,14,19-20H2,1-2H3,(H,32,33)/t21?,26-/m0/s1. The van der Waals surface area contributed by atoms with Crippen molar-refractivity contribution in [3.8, 4) is 5.75 Å². The quantitative estimate of drug-likeness (QED) is 0.406. The van der Waals surface area contributed by atoms with Crippen LogP contribution in [0.5, 0.6) is 5.75 Å². The van der Waals surface area contributed by atoms with Crippen LogP contribution < -0.4 is 4.74 Å². The maximum absolute atomic E-state index is 13.3. The first kappa shape index (κ1) is 24.9. The van der Waals surface area contributed by atoms with Crippen LogP contribution in [-0.4, -0.2) is 47.3 Å². The van der Waals surface area contributed by atoms with Crippen molar-refractivity contribution in [2.75, 3.05) is 19.4 Å². The fourth-order valence-electron chi connectivity index (χ4n) is 4.81. The van der Waals surface area contributed by atoms with Crippen LogP contribution in [0.1, 0.15) is 36.5 Å². The minimum atomic E-state index is -0.920. The topological polar surface area (TPSA) is 66.8 Å². The van der Waals surface area contributed by atoms with Gasteiger partial charge >= 0.3 is 5.97 Å². The molecule has 0 aromatic heterocycles. The van der Waals surface area contributed by atoms with Gasteiger partial charge in [-0.15, -0.1) is 11.8 Å². The van der Waals surface area contributed by atoms with Gasteiger partial charge in [0.1, 0.15) is 11.8 Å². The molecule has 1 amide bonds. The Balaban J connectivity index is 1.73. The average molecular weight is 490 g/mol. The number of carboxylic acids is 1. The third-order valence-corrected chi connectivity index (χ3v) is 8.46. The summed E-state index contributed by atoms with van der Waals surface area (Å²) in [6, 6.07) is 28.0. The fraction of sp³-hybridized carbons (Fsp3) is 0.310. The van der Waals surface area contributed by atoms with Crippen molar-refractivity contribution >= 4 is 23.6 Å². The number of rotatable bonds is 9. The highest BCUT2D eigenvalue weighted by Crippen LogP contribution is 2.49. The molecule has 1 unspecified atom stereocenters. The number of benzene rings is 3. The summed E-state index contributed by atoms with van der Waals surface area (Å²) in [7, 11) is 1.65. The molecule has 1 heterocycles. The predicted molar refractivity (Wildman–Crippen MR) is 140 cm³/mol. The van der Waals surface area contributed by atoms with Gasteiger partial charge < -0.3 is 14.7 Å². The van der Waals surface area contributed by atoms with E-state index in [1.165, 1.54) is 0 Å². The highest BCUT2D eigenvalue weighted by atomic mass is 32.2. The van der Waals surface area contributed by atoms with E-state index in [4.69, 9.17) is 4.74 Å². The maximum atomic E-state index is 13.3. The zero-order valence-corrected chi connectivity index (χ0v) is 20.9. The summed E-state index contributed by atoms with van der Waals surface area (Å²) in [6.07, 6.45) is 1.25. The number of thioether (sulfide) groups is 1. The second-order valence-electron chi connectivity index (χ2n) is 8.88. The van der Waals surface area contributed by atoms with E-state index in [1.54, 1.807) is 23.8 Å². The molecule has 2 atom stereocenters.